The summed E-state index contributed by atoms with van der Waals surface area (Å²) >= 11 is 0. The van der Waals surface area contributed by atoms with Crippen LogP contribution in [0.4, 0.5) is 0 Å². The number of furan rings is 1. The van der Waals surface area contributed by atoms with E-state index in [0.717, 1.165) is 42.1 Å². The van der Waals surface area contributed by atoms with Gasteiger partial charge in [-0.1, -0.05) is 32.0 Å². The van der Waals surface area contributed by atoms with Gasteiger partial charge in [0, 0.05) is 18.4 Å². The van der Waals surface area contributed by atoms with Crippen molar-refractivity contribution in [3.8, 4) is 11.5 Å². The number of nitrogens with one attached hydrogen (secondary N) is 1. The minimum Gasteiger partial charge on any atom is -0.453 e. The number of hydrogen-bond acceptors (Lipinski definition) is 4. The van der Waals surface area contributed by atoms with Crippen molar-refractivity contribution in [2.45, 2.75) is 20.3 Å². The molecular weight excluding hydrogens is 264 g/mol. The number of fused-ring (bicyclic) bond motifs is 1. The number of nitrogens with zero attached hydrogens (tertiary/aromatic N) is 1. The summed E-state index contributed by atoms with van der Waals surface area (Å²) in [6, 6.07) is 9.91. The fourth-order valence-corrected chi connectivity index (χ4v) is 2.23. The molecule has 0 amide bonds. The molecule has 4 heteroatoms. The molecule has 0 atom stereocenters. The molecule has 0 aliphatic heterocycles. The van der Waals surface area contributed by atoms with Crippen molar-refractivity contribution in [3.05, 3.63) is 42.4 Å². The van der Waals surface area contributed by atoms with Crippen LogP contribution in [0, 0.1) is 5.92 Å². The smallest absolute Gasteiger partial charge is 0.196 e. The second-order valence-corrected chi connectivity index (χ2v) is 5.61. The molecule has 2 heterocycles. The standard InChI is InChI=1S/C17H20N2O2/c1-12(2)10-18-8-7-17-19-11-16(21-17)15-9-13-5-3-4-6-14(13)20-15/h3-6,9,11-12,18H,7-8,10H2,1-2H3. The van der Waals surface area contributed by atoms with Crippen LogP contribution in [0.2, 0.25) is 0 Å². The molecule has 3 aromatic rings. The van der Waals surface area contributed by atoms with Gasteiger partial charge in [0.25, 0.3) is 0 Å². The largest absolute Gasteiger partial charge is 0.453 e. The Morgan fingerprint density at radius 1 is 1.14 bits per heavy atom. The van der Waals surface area contributed by atoms with Gasteiger partial charge in [-0.05, 0) is 24.6 Å². The fourth-order valence-electron chi connectivity index (χ4n) is 2.23. The summed E-state index contributed by atoms with van der Waals surface area (Å²) in [4.78, 5) is 4.31. The molecule has 0 unspecified atom stereocenters. The lowest BCUT2D eigenvalue weighted by Crippen LogP contribution is -2.22. The lowest BCUT2D eigenvalue weighted by Gasteiger charge is -2.05. The molecule has 0 saturated heterocycles. The van der Waals surface area contributed by atoms with E-state index in [1.54, 1.807) is 6.20 Å². The van der Waals surface area contributed by atoms with Gasteiger partial charge in [-0.2, -0.15) is 0 Å². The minimum absolute atomic E-state index is 0.653. The topological polar surface area (TPSA) is 51.2 Å². The molecule has 1 aromatic carbocycles. The molecule has 4 nitrogen and oxygen atoms in total. The first kappa shape index (κ1) is 13.9. The Morgan fingerprint density at radius 3 is 2.81 bits per heavy atom. The summed E-state index contributed by atoms with van der Waals surface area (Å²) in [5.41, 5.74) is 0.865. The lowest BCUT2D eigenvalue weighted by molar-refractivity contribution is 0.472. The number of para-hydroxylation sites is 1. The molecule has 1 N–H and O–H groups in total. The molecule has 110 valence electrons. The van der Waals surface area contributed by atoms with Gasteiger partial charge in [0.15, 0.2) is 17.4 Å². The van der Waals surface area contributed by atoms with Gasteiger partial charge in [-0.3, -0.25) is 0 Å². The third kappa shape index (κ3) is 3.34. The molecule has 2 aromatic heterocycles. The first-order valence-corrected chi connectivity index (χ1v) is 7.37. The van der Waals surface area contributed by atoms with Crippen LogP contribution in [0.5, 0.6) is 0 Å². The average molecular weight is 284 g/mol. The highest BCUT2D eigenvalue weighted by Gasteiger charge is 2.11. The molecule has 3 rings (SSSR count). The molecule has 0 bridgehead atoms. The predicted molar refractivity (Wildman–Crippen MR) is 83.1 cm³/mol. The normalized spacial score (nSPS) is 11.6. The van der Waals surface area contributed by atoms with E-state index in [4.69, 9.17) is 8.83 Å². The monoisotopic (exact) mass is 284 g/mol. The van der Waals surface area contributed by atoms with Crippen molar-refractivity contribution in [1.82, 2.24) is 10.3 Å². The van der Waals surface area contributed by atoms with Crippen LogP contribution in [-0.4, -0.2) is 18.1 Å². The molecule has 21 heavy (non-hydrogen) atoms. The van der Waals surface area contributed by atoms with Crippen LogP contribution in [-0.2, 0) is 6.42 Å². The molecular formula is C17H20N2O2. The molecule has 0 saturated carbocycles. The summed E-state index contributed by atoms with van der Waals surface area (Å²) in [7, 11) is 0. The van der Waals surface area contributed by atoms with Crippen molar-refractivity contribution in [2.24, 2.45) is 5.92 Å². The fraction of sp³-hybridized carbons (Fsp3) is 0.353. The first-order chi connectivity index (χ1) is 10.2. The SMILES string of the molecule is CC(C)CNCCc1ncc(-c2cc3ccccc3o2)o1. The van der Waals surface area contributed by atoms with E-state index in [2.05, 4.69) is 24.1 Å². The van der Waals surface area contributed by atoms with Crippen LogP contribution in [0.1, 0.15) is 19.7 Å². The van der Waals surface area contributed by atoms with Gasteiger partial charge in [-0.15, -0.1) is 0 Å². The van der Waals surface area contributed by atoms with Crippen molar-refractivity contribution in [3.63, 3.8) is 0 Å². The highest BCUT2D eigenvalue weighted by molar-refractivity contribution is 5.81. The van der Waals surface area contributed by atoms with Gasteiger partial charge < -0.3 is 14.2 Å². The maximum atomic E-state index is 5.78. The molecule has 0 radical (unpaired) electrons. The quantitative estimate of drug-likeness (QED) is 0.698. The highest BCUT2D eigenvalue weighted by Crippen LogP contribution is 2.28. The second-order valence-electron chi connectivity index (χ2n) is 5.61. The number of oxazole rings is 1. The van der Waals surface area contributed by atoms with Crippen LogP contribution >= 0.6 is 0 Å². The van der Waals surface area contributed by atoms with E-state index in [1.165, 1.54) is 0 Å². The van der Waals surface area contributed by atoms with Crippen molar-refractivity contribution < 1.29 is 8.83 Å². The van der Waals surface area contributed by atoms with Gasteiger partial charge >= 0.3 is 0 Å². The van der Waals surface area contributed by atoms with Crippen LogP contribution < -0.4 is 5.32 Å². The summed E-state index contributed by atoms with van der Waals surface area (Å²) in [6.45, 7) is 6.27. The van der Waals surface area contributed by atoms with Crippen molar-refractivity contribution in [2.75, 3.05) is 13.1 Å². The number of hydrogen-bond donors (Lipinski definition) is 1. The Hall–Kier alpha value is -2.07. The van der Waals surface area contributed by atoms with E-state index in [0.29, 0.717) is 11.7 Å². The van der Waals surface area contributed by atoms with Gasteiger partial charge in [0.1, 0.15) is 5.58 Å². The number of rotatable bonds is 6. The molecule has 0 spiro atoms. The minimum atomic E-state index is 0.653. The van der Waals surface area contributed by atoms with Crippen molar-refractivity contribution in [1.29, 1.82) is 0 Å². The maximum absolute atomic E-state index is 5.78. The van der Waals surface area contributed by atoms with Crippen molar-refractivity contribution >= 4 is 11.0 Å². The Labute approximate surface area is 124 Å². The molecule has 0 fully saturated rings. The summed E-state index contributed by atoms with van der Waals surface area (Å²) in [5, 5.41) is 4.45. The Bertz CT molecular complexity index is 679. The van der Waals surface area contributed by atoms with Gasteiger partial charge in [0.05, 0.1) is 6.20 Å². The average Bonchev–Trinajstić information content (AvgIpc) is 3.09. The van der Waals surface area contributed by atoms with Crippen LogP contribution in [0.15, 0.2) is 45.4 Å². The molecule has 0 aliphatic rings. The summed E-state index contributed by atoms with van der Waals surface area (Å²) in [5.74, 6) is 2.80. The van der Waals surface area contributed by atoms with Crippen LogP contribution in [0.3, 0.4) is 0 Å². The van der Waals surface area contributed by atoms with E-state index < -0.39 is 0 Å². The number of benzene rings is 1. The lowest BCUT2D eigenvalue weighted by atomic mass is 10.2. The van der Waals surface area contributed by atoms with E-state index in [1.807, 2.05) is 30.3 Å². The highest BCUT2D eigenvalue weighted by atomic mass is 16.4. The first-order valence-electron chi connectivity index (χ1n) is 7.37. The third-order valence-electron chi connectivity index (χ3n) is 3.29. The Balaban J connectivity index is 1.66. The second kappa shape index (κ2) is 6.14. The van der Waals surface area contributed by atoms with Gasteiger partial charge in [-0.25, -0.2) is 4.98 Å². The molecule has 0 aliphatic carbocycles. The van der Waals surface area contributed by atoms with E-state index >= 15 is 0 Å². The zero-order valence-corrected chi connectivity index (χ0v) is 12.4. The Kier molecular flexibility index (Phi) is 4.06. The third-order valence-corrected chi connectivity index (χ3v) is 3.29. The van der Waals surface area contributed by atoms with Crippen LogP contribution in [0.25, 0.3) is 22.5 Å². The summed E-state index contributed by atoms with van der Waals surface area (Å²) < 4.78 is 11.5. The number of aromatic nitrogens is 1. The van der Waals surface area contributed by atoms with E-state index in [-0.39, 0.29) is 0 Å². The maximum Gasteiger partial charge on any atom is 0.196 e. The van der Waals surface area contributed by atoms with E-state index in [9.17, 15) is 0 Å². The predicted octanol–water partition coefficient (Wildman–Crippen LogP) is 3.88. The Morgan fingerprint density at radius 2 is 2.00 bits per heavy atom. The summed E-state index contributed by atoms with van der Waals surface area (Å²) in [6.07, 6.45) is 2.52. The zero-order chi connectivity index (χ0) is 14.7. The zero-order valence-electron chi connectivity index (χ0n) is 12.4. The van der Waals surface area contributed by atoms with Gasteiger partial charge in [0.2, 0.25) is 0 Å².